The first-order valence-electron chi connectivity index (χ1n) is 14.5. The van der Waals surface area contributed by atoms with Crippen molar-refractivity contribution in [3.8, 4) is 11.1 Å². The zero-order valence-corrected chi connectivity index (χ0v) is 24.0. The van der Waals surface area contributed by atoms with Crippen LogP contribution < -0.4 is 4.90 Å². The van der Waals surface area contributed by atoms with Gasteiger partial charge in [-0.1, -0.05) is 91.0 Å². The predicted octanol–water partition coefficient (Wildman–Crippen LogP) is 12.2. The molecule has 3 heteroatoms. The molecule has 202 valence electrons. The highest BCUT2D eigenvalue weighted by Crippen LogP contribution is 2.43. The van der Waals surface area contributed by atoms with Gasteiger partial charge in [-0.25, -0.2) is 0 Å². The molecule has 0 bridgehead atoms. The van der Waals surface area contributed by atoms with Crippen LogP contribution in [0.5, 0.6) is 0 Å². The zero-order valence-electron chi connectivity index (χ0n) is 23.2. The van der Waals surface area contributed by atoms with E-state index in [4.69, 9.17) is 4.42 Å². The molecular formula is C40H25NOS. The Kier molecular flexibility index (Phi) is 5.40. The summed E-state index contributed by atoms with van der Waals surface area (Å²) in [6.45, 7) is 0. The number of rotatable bonds is 4. The molecule has 0 spiro atoms. The summed E-state index contributed by atoms with van der Waals surface area (Å²) in [5.74, 6) is 0. The summed E-state index contributed by atoms with van der Waals surface area (Å²) in [5.41, 5.74) is 7.48. The van der Waals surface area contributed by atoms with Crippen LogP contribution in [0.15, 0.2) is 156 Å². The van der Waals surface area contributed by atoms with Gasteiger partial charge in [0, 0.05) is 54.1 Å². The Labute approximate surface area is 252 Å². The first-order chi connectivity index (χ1) is 21.3. The molecule has 0 aliphatic rings. The van der Waals surface area contributed by atoms with Gasteiger partial charge in [-0.3, -0.25) is 0 Å². The topological polar surface area (TPSA) is 16.4 Å². The standard InChI is InChI=1S/C40H25NOS/c1-2-8-26(9-3-1)27-14-16-30(17-15-27)41(31-18-20-34-33-12-6-7-13-37(33)42-38(34)24-31)32-19-21-35-36-22-28-10-4-5-11-29(28)23-39(36)43-40(35)25-32/h1-25H. The van der Waals surface area contributed by atoms with Crippen LogP contribution in [0.1, 0.15) is 0 Å². The number of thiophene rings is 1. The van der Waals surface area contributed by atoms with Gasteiger partial charge in [0.25, 0.3) is 0 Å². The number of hydrogen-bond acceptors (Lipinski definition) is 3. The molecule has 0 fully saturated rings. The highest BCUT2D eigenvalue weighted by atomic mass is 32.1. The average molecular weight is 568 g/mol. The van der Waals surface area contributed by atoms with Crippen LogP contribution in [0.25, 0.3) is 64.0 Å². The summed E-state index contributed by atoms with van der Waals surface area (Å²) < 4.78 is 8.90. The summed E-state index contributed by atoms with van der Waals surface area (Å²) in [6.07, 6.45) is 0. The molecule has 0 aliphatic heterocycles. The van der Waals surface area contributed by atoms with E-state index in [1.54, 1.807) is 0 Å². The van der Waals surface area contributed by atoms with Crippen LogP contribution in [0.2, 0.25) is 0 Å². The minimum atomic E-state index is 0.888. The predicted molar refractivity (Wildman–Crippen MR) is 184 cm³/mol. The molecule has 43 heavy (non-hydrogen) atoms. The normalized spacial score (nSPS) is 11.7. The minimum absolute atomic E-state index is 0.888. The summed E-state index contributed by atoms with van der Waals surface area (Å²) in [6, 6.07) is 54.3. The lowest BCUT2D eigenvalue weighted by molar-refractivity contribution is 0.669. The van der Waals surface area contributed by atoms with Gasteiger partial charge in [0.15, 0.2) is 0 Å². The molecule has 0 unspecified atom stereocenters. The number of fused-ring (bicyclic) bond motifs is 7. The molecule has 0 saturated heterocycles. The Morgan fingerprint density at radius 2 is 1.00 bits per heavy atom. The van der Waals surface area contributed by atoms with Gasteiger partial charge < -0.3 is 9.32 Å². The number of nitrogens with zero attached hydrogens (tertiary/aromatic N) is 1. The first-order valence-corrected chi connectivity index (χ1v) is 15.3. The average Bonchev–Trinajstić information content (AvgIpc) is 3.61. The van der Waals surface area contributed by atoms with Gasteiger partial charge in [0.05, 0.1) is 0 Å². The van der Waals surface area contributed by atoms with Gasteiger partial charge >= 0.3 is 0 Å². The Morgan fingerprint density at radius 3 is 1.84 bits per heavy atom. The van der Waals surface area contributed by atoms with E-state index in [0.29, 0.717) is 0 Å². The van der Waals surface area contributed by atoms with Crippen molar-refractivity contribution >= 4 is 81.3 Å². The van der Waals surface area contributed by atoms with Gasteiger partial charge in [0.1, 0.15) is 11.2 Å². The third-order valence-electron chi connectivity index (χ3n) is 8.43. The fourth-order valence-corrected chi connectivity index (χ4v) is 7.49. The summed E-state index contributed by atoms with van der Waals surface area (Å²) in [7, 11) is 0. The maximum Gasteiger partial charge on any atom is 0.137 e. The van der Waals surface area contributed by atoms with Gasteiger partial charge in [-0.15, -0.1) is 11.3 Å². The summed E-state index contributed by atoms with van der Waals surface area (Å²) in [5, 5.41) is 7.43. The summed E-state index contributed by atoms with van der Waals surface area (Å²) in [4.78, 5) is 2.34. The fourth-order valence-electron chi connectivity index (χ4n) is 6.32. The largest absolute Gasteiger partial charge is 0.456 e. The highest BCUT2D eigenvalue weighted by Gasteiger charge is 2.17. The minimum Gasteiger partial charge on any atom is -0.456 e. The quantitative estimate of drug-likeness (QED) is 0.210. The lowest BCUT2D eigenvalue weighted by Gasteiger charge is -2.26. The Balaban J connectivity index is 1.22. The van der Waals surface area contributed by atoms with Crippen LogP contribution in [0.3, 0.4) is 0 Å². The molecule has 2 aromatic heterocycles. The Bertz CT molecular complexity index is 2450. The second kappa shape index (κ2) is 9.59. The summed E-state index contributed by atoms with van der Waals surface area (Å²) >= 11 is 1.86. The van der Waals surface area contributed by atoms with Crippen molar-refractivity contribution in [2.75, 3.05) is 4.90 Å². The van der Waals surface area contributed by atoms with E-state index in [9.17, 15) is 0 Å². The molecule has 9 aromatic rings. The van der Waals surface area contributed by atoms with Gasteiger partial charge in [0.2, 0.25) is 0 Å². The van der Waals surface area contributed by atoms with Gasteiger partial charge in [-0.2, -0.15) is 0 Å². The van der Waals surface area contributed by atoms with Crippen molar-refractivity contribution in [2.24, 2.45) is 0 Å². The molecule has 2 heterocycles. The lowest BCUT2D eigenvalue weighted by atomic mass is 10.0. The van der Waals surface area contributed by atoms with Crippen molar-refractivity contribution in [1.29, 1.82) is 0 Å². The molecule has 0 saturated carbocycles. The lowest BCUT2D eigenvalue weighted by Crippen LogP contribution is -2.09. The highest BCUT2D eigenvalue weighted by molar-refractivity contribution is 7.25. The maximum atomic E-state index is 6.32. The van der Waals surface area contributed by atoms with Crippen molar-refractivity contribution in [3.05, 3.63) is 152 Å². The van der Waals surface area contributed by atoms with E-state index in [1.165, 1.54) is 42.1 Å². The van der Waals surface area contributed by atoms with Crippen molar-refractivity contribution < 1.29 is 4.42 Å². The monoisotopic (exact) mass is 567 g/mol. The maximum absolute atomic E-state index is 6.32. The third kappa shape index (κ3) is 4.01. The molecule has 0 radical (unpaired) electrons. The van der Waals surface area contributed by atoms with Crippen LogP contribution in [0.4, 0.5) is 17.1 Å². The van der Waals surface area contributed by atoms with Crippen molar-refractivity contribution in [1.82, 2.24) is 0 Å². The van der Waals surface area contributed by atoms with E-state index < -0.39 is 0 Å². The third-order valence-corrected chi connectivity index (χ3v) is 9.55. The fraction of sp³-hybridized carbons (Fsp3) is 0. The number of anilines is 3. The number of para-hydroxylation sites is 1. The van der Waals surface area contributed by atoms with Crippen molar-refractivity contribution in [2.45, 2.75) is 0 Å². The molecule has 0 amide bonds. The van der Waals surface area contributed by atoms with E-state index >= 15 is 0 Å². The van der Waals surface area contributed by atoms with Gasteiger partial charge in [-0.05, 0) is 76.5 Å². The van der Waals surface area contributed by atoms with Crippen LogP contribution in [-0.4, -0.2) is 0 Å². The molecule has 2 nitrogen and oxygen atoms in total. The Hall–Kier alpha value is -5.38. The second-order valence-electron chi connectivity index (χ2n) is 11.0. The molecule has 9 rings (SSSR count). The molecule has 0 N–H and O–H groups in total. The van der Waals surface area contributed by atoms with Crippen LogP contribution in [0, 0.1) is 0 Å². The SMILES string of the molecule is c1ccc(-c2ccc(N(c3ccc4c(c3)oc3ccccc34)c3ccc4c(c3)sc3cc5ccccc5cc34)cc2)cc1. The smallest absolute Gasteiger partial charge is 0.137 e. The van der Waals surface area contributed by atoms with E-state index in [1.807, 2.05) is 23.5 Å². The van der Waals surface area contributed by atoms with E-state index in [-0.39, 0.29) is 0 Å². The van der Waals surface area contributed by atoms with E-state index in [2.05, 4.69) is 144 Å². The first kappa shape index (κ1) is 24.2. The number of benzene rings is 7. The van der Waals surface area contributed by atoms with Crippen LogP contribution in [-0.2, 0) is 0 Å². The van der Waals surface area contributed by atoms with Crippen molar-refractivity contribution in [3.63, 3.8) is 0 Å². The van der Waals surface area contributed by atoms with Crippen LogP contribution >= 0.6 is 11.3 Å². The second-order valence-corrected chi connectivity index (χ2v) is 12.1. The zero-order chi connectivity index (χ0) is 28.3. The molecular weight excluding hydrogens is 543 g/mol. The molecule has 7 aromatic carbocycles. The molecule has 0 atom stereocenters. The van der Waals surface area contributed by atoms with E-state index in [0.717, 1.165) is 39.0 Å². The number of hydrogen-bond donors (Lipinski definition) is 0. The number of furan rings is 1. The Morgan fingerprint density at radius 1 is 0.395 bits per heavy atom. The molecule has 0 aliphatic carbocycles.